The van der Waals surface area contributed by atoms with Crippen molar-refractivity contribution < 1.29 is 35.5 Å². The Morgan fingerprint density at radius 1 is 0.895 bits per heavy atom. The van der Waals surface area contributed by atoms with Crippen molar-refractivity contribution >= 4 is 34.8 Å². The SMILES string of the molecule is CNc1cnc(Cl)cc1C(=O)N(CCc1ccc(Cl)cc1)Cc1ccc(C(F)(C(F)(F)F)C(F)(F)F)cc1. The molecule has 0 saturated carbocycles. The predicted molar refractivity (Wildman–Crippen MR) is 130 cm³/mol. The van der Waals surface area contributed by atoms with Crippen LogP contribution in [0.5, 0.6) is 0 Å². The number of carbonyl (C=O) groups is 1. The van der Waals surface area contributed by atoms with Crippen molar-refractivity contribution in [3.05, 3.63) is 93.2 Å². The lowest BCUT2D eigenvalue weighted by atomic mass is 9.93. The van der Waals surface area contributed by atoms with Gasteiger partial charge in [-0.15, -0.1) is 0 Å². The number of rotatable bonds is 8. The maximum absolute atomic E-state index is 14.4. The van der Waals surface area contributed by atoms with Gasteiger partial charge in [0, 0.05) is 30.7 Å². The number of hydrogen-bond donors (Lipinski definition) is 1. The van der Waals surface area contributed by atoms with Crippen LogP contribution >= 0.6 is 23.2 Å². The normalized spacial score (nSPS) is 12.4. The Labute approximate surface area is 223 Å². The van der Waals surface area contributed by atoms with Gasteiger partial charge in [0.15, 0.2) is 0 Å². The highest BCUT2D eigenvalue weighted by atomic mass is 35.5. The number of carbonyl (C=O) groups excluding carboxylic acids is 1. The molecule has 0 aliphatic rings. The van der Waals surface area contributed by atoms with E-state index in [1.54, 1.807) is 31.3 Å². The molecule has 13 heteroatoms. The molecule has 1 heterocycles. The highest BCUT2D eigenvalue weighted by molar-refractivity contribution is 6.30. The van der Waals surface area contributed by atoms with Gasteiger partial charge < -0.3 is 10.2 Å². The number of pyridine rings is 1. The second-order valence-corrected chi connectivity index (χ2v) is 9.08. The number of amides is 1. The lowest BCUT2D eigenvalue weighted by Gasteiger charge is -2.30. The van der Waals surface area contributed by atoms with E-state index in [2.05, 4.69) is 10.3 Å². The molecule has 0 radical (unpaired) electrons. The highest BCUT2D eigenvalue weighted by Gasteiger charge is 2.73. The zero-order valence-electron chi connectivity index (χ0n) is 19.6. The summed E-state index contributed by atoms with van der Waals surface area (Å²) in [6.07, 6.45) is -10.8. The van der Waals surface area contributed by atoms with Crippen LogP contribution in [-0.4, -0.2) is 41.7 Å². The Morgan fingerprint density at radius 2 is 1.45 bits per heavy atom. The Balaban J connectivity index is 1.94. The van der Waals surface area contributed by atoms with Gasteiger partial charge >= 0.3 is 18.0 Å². The number of halogens is 9. The third-order valence-corrected chi connectivity index (χ3v) is 6.21. The van der Waals surface area contributed by atoms with E-state index in [0.717, 1.165) is 17.7 Å². The number of nitrogens with one attached hydrogen (secondary N) is 1. The quantitative estimate of drug-likeness (QED) is 0.220. The van der Waals surface area contributed by atoms with E-state index in [9.17, 15) is 35.5 Å². The Hall–Kier alpha value is -3.05. The topological polar surface area (TPSA) is 45.2 Å². The van der Waals surface area contributed by atoms with Crippen molar-refractivity contribution in [2.45, 2.75) is 31.0 Å². The molecule has 204 valence electrons. The molecule has 2 aromatic carbocycles. The molecule has 3 rings (SSSR count). The second kappa shape index (κ2) is 11.4. The monoisotopic (exact) mass is 581 g/mol. The van der Waals surface area contributed by atoms with Gasteiger partial charge in [-0.2, -0.15) is 26.3 Å². The third-order valence-electron chi connectivity index (χ3n) is 5.75. The van der Waals surface area contributed by atoms with Gasteiger partial charge in [0.25, 0.3) is 5.91 Å². The molecule has 38 heavy (non-hydrogen) atoms. The van der Waals surface area contributed by atoms with Gasteiger partial charge in [0.2, 0.25) is 0 Å². The zero-order valence-corrected chi connectivity index (χ0v) is 21.1. The molecule has 4 nitrogen and oxygen atoms in total. The van der Waals surface area contributed by atoms with Gasteiger partial charge in [0.05, 0.1) is 17.4 Å². The molecule has 0 aliphatic carbocycles. The Bertz CT molecular complexity index is 1250. The van der Waals surface area contributed by atoms with E-state index in [1.165, 1.54) is 17.2 Å². The van der Waals surface area contributed by atoms with E-state index >= 15 is 0 Å². The lowest BCUT2D eigenvalue weighted by molar-refractivity contribution is -0.348. The summed E-state index contributed by atoms with van der Waals surface area (Å²) in [5.74, 6) is -0.526. The van der Waals surface area contributed by atoms with Crippen LogP contribution in [0.25, 0.3) is 0 Å². The zero-order chi connectivity index (χ0) is 28.3. The summed E-state index contributed by atoms with van der Waals surface area (Å²) in [4.78, 5) is 18.7. The van der Waals surface area contributed by atoms with Crippen LogP contribution < -0.4 is 5.32 Å². The second-order valence-electron chi connectivity index (χ2n) is 8.26. The number of benzene rings is 2. The van der Waals surface area contributed by atoms with E-state index < -0.39 is 29.5 Å². The molecular weight excluding hydrogens is 562 g/mol. The summed E-state index contributed by atoms with van der Waals surface area (Å²) < 4.78 is 93.0. The Morgan fingerprint density at radius 3 is 1.97 bits per heavy atom. The van der Waals surface area contributed by atoms with Crippen LogP contribution in [0.1, 0.15) is 27.0 Å². The molecule has 0 bridgehead atoms. The average molecular weight is 582 g/mol. The molecule has 0 unspecified atom stereocenters. The first-order valence-corrected chi connectivity index (χ1v) is 11.7. The van der Waals surface area contributed by atoms with E-state index in [0.29, 0.717) is 29.3 Å². The fraction of sp³-hybridized carbons (Fsp3) is 0.280. The molecule has 0 spiro atoms. The van der Waals surface area contributed by atoms with Crippen molar-refractivity contribution in [2.75, 3.05) is 18.9 Å². The van der Waals surface area contributed by atoms with Gasteiger partial charge in [-0.05, 0) is 35.7 Å². The Kier molecular flexibility index (Phi) is 8.82. The van der Waals surface area contributed by atoms with Crippen molar-refractivity contribution in [2.24, 2.45) is 0 Å². The smallest absolute Gasteiger partial charge is 0.386 e. The van der Waals surface area contributed by atoms with E-state index in [1.807, 2.05) is 0 Å². The van der Waals surface area contributed by atoms with Gasteiger partial charge in [-0.25, -0.2) is 9.37 Å². The largest absolute Gasteiger partial charge is 0.435 e. The third kappa shape index (κ3) is 6.32. The molecule has 1 aromatic heterocycles. The van der Waals surface area contributed by atoms with Crippen LogP contribution in [0.2, 0.25) is 10.2 Å². The number of alkyl halides is 7. The van der Waals surface area contributed by atoms with Crippen LogP contribution in [0.3, 0.4) is 0 Å². The fourth-order valence-electron chi connectivity index (χ4n) is 3.69. The summed E-state index contributed by atoms with van der Waals surface area (Å²) in [7, 11) is 1.56. The minimum atomic E-state index is -6.22. The number of aromatic nitrogens is 1. The standard InChI is InChI=1S/C25H20Cl2F7N3O/c1-35-20-13-36-21(27)12-19(20)22(38)37(11-10-15-4-8-18(26)9-5-15)14-16-2-6-17(7-3-16)23(28,24(29,30)31)25(32,33)34/h2-9,12-13,35H,10-11,14H2,1H3. The lowest BCUT2D eigenvalue weighted by Crippen LogP contribution is -2.50. The molecule has 0 saturated heterocycles. The number of anilines is 1. The van der Waals surface area contributed by atoms with Gasteiger partial charge in [-0.3, -0.25) is 4.79 Å². The van der Waals surface area contributed by atoms with Crippen LogP contribution in [0.15, 0.2) is 60.8 Å². The summed E-state index contributed by atoms with van der Waals surface area (Å²) in [6.45, 7) is -0.0867. The van der Waals surface area contributed by atoms with Crippen LogP contribution in [-0.2, 0) is 18.6 Å². The van der Waals surface area contributed by atoms with Gasteiger partial charge in [0.1, 0.15) is 5.15 Å². The summed E-state index contributed by atoms with van der Waals surface area (Å²) in [5, 5.41) is 3.36. The number of nitrogens with zero attached hydrogens (tertiary/aromatic N) is 2. The van der Waals surface area contributed by atoms with Gasteiger partial charge in [-0.1, -0.05) is 59.6 Å². The molecule has 0 fully saturated rings. The summed E-state index contributed by atoms with van der Waals surface area (Å²) in [6, 6.07) is 10.8. The van der Waals surface area contributed by atoms with Crippen molar-refractivity contribution in [3.63, 3.8) is 0 Å². The molecule has 1 amide bonds. The first kappa shape index (κ1) is 29.5. The molecule has 0 atom stereocenters. The highest BCUT2D eigenvalue weighted by Crippen LogP contribution is 2.53. The average Bonchev–Trinajstić information content (AvgIpc) is 2.85. The van der Waals surface area contributed by atoms with Crippen LogP contribution in [0, 0.1) is 0 Å². The van der Waals surface area contributed by atoms with E-state index in [-0.39, 0.29) is 29.4 Å². The number of hydrogen-bond acceptors (Lipinski definition) is 3. The maximum atomic E-state index is 14.4. The molecule has 0 aliphatic heterocycles. The van der Waals surface area contributed by atoms with Crippen molar-refractivity contribution in [3.8, 4) is 0 Å². The first-order chi connectivity index (χ1) is 17.7. The molecule has 3 aromatic rings. The summed E-state index contributed by atoms with van der Waals surface area (Å²) in [5.41, 5.74) is -5.66. The molecule has 1 N–H and O–H groups in total. The van der Waals surface area contributed by atoms with E-state index in [4.69, 9.17) is 23.2 Å². The summed E-state index contributed by atoms with van der Waals surface area (Å²) >= 11 is 11.9. The maximum Gasteiger partial charge on any atom is 0.435 e. The fourth-order valence-corrected chi connectivity index (χ4v) is 3.98. The van der Waals surface area contributed by atoms with Crippen LogP contribution in [0.4, 0.5) is 36.4 Å². The van der Waals surface area contributed by atoms with Crippen molar-refractivity contribution in [1.29, 1.82) is 0 Å². The molecular formula is C25H20Cl2F7N3O. The predicted octanol–water partition coefficient (Wildman–Crippen LogP) is 7.60. The minimum Gasteiger partial charge on any atom is -0.386 e. The van der Waals surface area contributed by atoms with Crippen molar-refractivity contribution in [1.82, 2.24) is 9.88 Å². The first-order valence-electron chi connectivity index (χ1n) is 11.0. The minimum absolute atomic E-state index is 0.0351.